The fourth-order valence-electron chi connectivity index (χ4n) is 2.07. The first-order valence-electron chi connectivity index (χ1n) is 7.67. The first-order chi connectivity index (χ1) is 10.4. The summed E-state index contributed by atoms with van der Waals surface area (Å²) in [5.74, 6) is 1.73. The Labute approximate surface area is 148 Å². The van der Waals surface area contributed by atoms with E-state index >= 15 is 0 Å². The standard InChI is InChI=1S/C19H25O2P.ClH/c1-5-19(4,22)18(20-16-12-8-6-10-14(16)2)21-17-13-9-7-11-15(17)3;/h6-13,18H,5,22H2,1-4H3;1H. The number of halogens is 1. The molecule has 23 heavy (non-hydrogen) atoms. The first-order valence-corrected chi connectivity index (χ1v) is 8.25. The highest BCUT2D eigenvalue weighted by Gasteiger charge is 2.32. The van der Waals surface area contributed by atoms with Crippen molar-refractivity contribution in [1.29, 1.82) is 0 Å². The highest BCUT2D eigenvalue weighted by atomic mass is 35.5. The normalized spacial score (nSPS) is 13.1. The van der Waals surface area contributed by atoms with Crippen LogP contribution in [0.1, 0.15) is 31.4 Å². The molecule has 0 aliphatic rings. The van der Waals surface area contributed by atoms with E-state index in [4.69, 9.17) is 9.47 Å². The molecule has 0 aromatic heterocycles. The first kappa shape index (κ1) is 19.8. The summed E-state index contributed by atoms with van der Waals surface area (Å²) in [6.45, 7) is 8.37. The van der Waals surface area contributed by atoms with Crippen LogP contribution in [-0.2, 0) is 0 Å². The minimum absolute atomic E-state index is 0. The molecule has 2 aromatic carbocycles. The average Bonchev–Trinajstić information content (AvgIpc) is 2.50. The van der Waals surface area contributed by atoms with Crippen molar-refractivity contribution < 1.29 is 9.47 Å². The molecule has 0 aliphatic heterocycles. The van der Waals surface area contributed by atoms with E-state index in [1.807, 2.05) is 62.4 Å². The predicted octanol–water partition coefficient (Wildman–Crippen LogP) is 5.55. The number of para-hydroxylation sites is 2. The largest absolute Gasteiger partial charge is 0.454 e. The van der Waals surface area contributed by atoms with Gasteiger partial charge >= 0.3 is 0 Å². The number of ether oxygens (including phenoxy) is 2. The van der Waals surface area contributed by atoms with Crippen LogP contribution >= 0.6 is 21.6 Å². The Balaban J connectivity index is 0.00000264. The van der Waals surface area contributed by atoms with Gasteiger partial charge in [-0.2, -0.15) is 0 Å². The summed E-state index contributed by atoms with van der Waals surface area (Å²) in [7, 11) is 2.88. The molecule has 4 heteroatoms. The number of benzene rings is 2. The maximum Gasteiger partial charge on any atom is 0.249 e. The molecule has 0 amide bonds. The van der Waals surface area contributed by atoms with Crippen LogP contribution in [0.3, 0.4) is 0 Å². The zero-order chi connectivity index (χ0) is 16.2. The van der Waals surface area contributed by atoms with Gasteiger partial charge < -0.3 is 9.47 Å². The molecule has 0 saturated heterocycles. The van der Waals surface area contributed by atoms with Gasteiger partial charge in [0.1, 0.15) is 11.5 Å². The third-order valence-corrected chi connectivity index (χ3v) is 4.64. The van der Waals surface area contributed by atoms with Crippen LogP contribution in [0.5, 0.6) is 11.5 Å². The van der Waals surface area contributed by atoms with E-state index in [0.717, 1.165) is 29.0 Å². The van der Waals surface area contributed by atoms with Crippen LogP contribution in [0.25, 0.3) is 0 Å². The number of rotatable bonds is 6. The molecule has 0 aliphatic carbocycles. The molecule has 126 valence electrons. The Hall–Kier alpha value is -1.24. The minimum atomic E-state index is -0.371. The zero-order valence-corrected chi connectivity index (χ0v) is 16.2. The van der Waals surface area contributed by atoms with Crippen molar-refractivity contribution in [3.63, 3.8) is 0 Å². The number of hydrogen-bond acceptors (Lipinski definition) is 2. The molecule has 0 radical (unpaired) electrons. The Kier molecular flexibility index (Phi) is 7.38. The van der Waals surface area contributed by atoms with Crippen LogP contribution in [0.2, 0.25) is 0 Å². The molecule has 2 unspecified atom stereocenters. The van der Waals surface area contributed by atoms with Crippen LogP contribution in [0.4, 0.5) is 0 Å². The van der Waals surface area contributed by atoms with E-state index in [2.05, 4.69) is 23.1 Å². The molecular formula is C19H26ClO2P. The van der Waals surface area contributed by atoms with E-state index < -0.39 is 0 Å². The molecule has 0 heterocycles. The lowest BCUT2D eigenvalue weighted by atomic mass is 10.1. The summed E-state index contributed by atoms with van der Waals surface area (Å²) in [6.07, 6.45) is 0.560. The fourth-order valence-corrected chi connectivity index (χ4v) is 2.20. The lowest BCUT2D eigenvalue weighted by Gasteiger charge is -2.34. The highest BCUT2D eigenvalue weighted by Crippen LogP contribution is 2.33. The van der Waals surface area contributed by atoms with E-state index in [9.17, 15) is 0 Å². The second kappa shape index (κ2) is 8.57. The molecular weight excluding hydrogens is 327 g/mol. The summed E-state index contributed by atoms with van der Waals surface area (Å²) < 4.78 is 12.4. The Morgan fingerprint density at radius 3 is 1.65 bits per heavy atom. The Morgan fingerprint density at radius 1 is 0.913 bits per heavy atom. The third-order valence-electron chi connectivity index (χ3n) is 3.96. The Bertz CT molecular complexity index is 581. The molecule has 0 bridgehead atoms. The topological polar surface area (TPSA) is 18.5 Å². The molecule has 0 spiro atoms. The van der Waals surface area contributed by atoms with Gasteiger partial charge in [-0.25, -0.2) is 0 Å². The van der Waals surface area contributed by atoms with Crippen molar-refractivity contribution in [3.05, 3.63) is 59.7 Å². The van der Waals surface area contributed by atoms with Gasteiger partial charge in [-0.3, -0.25) is 0 Å². The van der Waals surface area contributed by atoms with Crippen molar-refractivity contribution in [2.75, 3.05) is 0 Å². The van der Waals surface area contributed by atoms with E-state index in [1.54, 1.807) is 0 Å². The monoisotopic (exact) mass is 352 g/mol. The molecule has 0 N–H and O–H groups in total. The predicted molar refractivity (Wildman–Crippen MR) is 103 cm³/mol. The summed E-state index contributed by atoms with van der Waals surface area (Å²) >= 11 is 0. The van der Waals surface area contributed by atoms with Gasteiger partial charge in [0, 0.05) is 0 Å². The van der Waals surface area contributed by atoms with Gasteiger partial charge in [-0.05, 0) is 50.5 Å². The van der Waals surface area contributed by atoms with E-state index in [0.29, 0.717) is 0 Å². The Morgan fingerprint density at radius 2 is 1.30 bits per heavy atom. The average molecular weight is 353 g/mol. The molecule has 2 aromatic rings. The van der Waals surface area contributed by atoms with Gasteiger partial charge in [0.05, 0.1) is 5.16 Å². The molecule has 2 rings (SSSR count). The van der Waals surface area contributed by atoms with Crippen molar-refractivity contribution in [2.45, 2.75) is 45.6 Å². The maximum absolute atomic E-state index is 6.22. The van der Waals surface area contributed by atoms with Crippen LogP contribution in [0.15, 0.2) is 48.5 Å². The minimum Gasteiger partial charge on any atom is -0.454 e. The van der Waals surface area contributed by atoms with Crippen LogP contribution < -0.4 is 9.47 Å². The van der Waals surface area contributed by atoms with Crippen LogP contribution in [0, 0.1) is 13.8 Å². The quantitative estimate of drug-likeness (QED) is 0.501. The van der Waals surface area contributed by atoms with Gasteiger partial charge in [-0.15, -0.1) is 21.6 Å². The zero-order valence-electron chi connectivity index (χ0n) is 14.2. The molecule has 0 fully saturated rings. The SMILES string of the molecule is CCC(C)(P)C(Oc1ccccc1C)Oc1ccccc1C.Cl. The maximum atomic E-state index is 6.22. The number of hydrogen-bond donors (Lipinski definition) is 0. The van der Waals surface area contributed by atoms with Crippen molar-refractivity contribution >= 4 is 21.6 Å². The van der Waals surface area contributed by atoms with Gasteiger partial charge in [0.15, 0.2) is 0 Å². The smallest absolute Gasteiger partial charge is 0.249 e. The van der Waals surface area contributed by atoms with Gasteiger partial charge in [-0.1, -0.05) is 43.3 Å². The van der Waals surface area contributed by atoms with Crippen molar-refractivity contribution in [1.82, 2.24) is 0 Å². The summed E-state index contributed by atoms with van der Waals surface area (Å²) in [6, 6.07) is 16.1. The van der Waals surface area contributed by atoms with E-state index in [-0.39, 0.29) is 23.9 Å². The van der Waals surface area contributed by atoms with Gasteiger partial charge in [0.2, 0.25) is 6.29 Å². The number of aryl methyl sites for hydroxylation is 2. The fraction of sp³-hybridized carbons (Fsp3) is 0.368. The second-order valence-electron chi connectivity index (χ2n) is 5.96. The van der Waals surface area contributed by atoms with Gasteiger partial charge in [0.25, 0.3) is 0 Å². The van der Waals surface area contributed by atoms with Crippen molar-refractivity contribution in [3.8, 4) is 11.5 Å². The summed E-state index contributed by atoms with van der Waals surface area (Å²) in [5, 5.41) is -0.176. The lowest BCUT2D eigenvalue weighted by Crippen LogP contribution is -2.42. The summed E-state index contributed by atoms with van der Waals surface area (Å²) in [5.41, 5.74) is 2.22. The molecule has 2 nitrogen and oxygen atoms in total. The van der Waals surface area contributed by atoms with Crippen LogP contribution in [-0.4, -0.2) is 11.4 Å². The highest BCUT2D eigenvalue weighted by molar-refractivity contribution is 7.19. The lowest BCUT2D eigenvalue weighted by molar-refractivity contribution is -0.0238. The van der Waals surface area contributed by atoms with E-state index in [1.165, 1.54) is 0 Å². The molecule has 0 saturated carbocycles. The molecule has 2 atom stereocenters. The van der Waals surface area contributed by atoms with Crippen molar-refractivity contribution in [2.24, 2.45) is 0 Å². The summed E-state index contributed by atoms with van der Waals surface area (Å²) in [4.78, 5) is 0. The second-order valence-corrected chi connectivity index (χ2v) is 7.28. The third kappa shape index (κ3) is 5.12.